The van der Waals surface area contributed by atoms with Crippen molar-refractivity contribution in [2.24, 2.45) is 5.10 Å². The van der Waals surface area contributed by atoms with Gasteiger partial charge in [0.05, 0.1) is 11.8 Å². The summed E-state index contributed by atoms with van der Waals surface area (Å²) in [5.74, 6) is 0. The van der Waals surface area contributed by atoms with Crippen molar-refractivity contribution in [3.8, 4) is 0 Å². The first-order valence-electron chi connectivity index (χ1n) is 6.69. The zero-order chi connectivity index (χ0) is 16.9. The molecule has 0 aliphatic rings. The second kappa shape index (κ2) is 7.23. The summed E-state index contributed by atoms with van der Waals surface area (Å²) in [5, 5.41) is 7.18. The highest BCUT2D eigenvalue weighted by molar-refractivity contribution is 7.80. The van der Waals surface area contributed by atoms with Crippen molar-refractivity contribution in [2.75, 3.05) is 5.32 Å². The topological polar surface area (TPSA) is 36.4 Å². The predicted molar refractivity (Wildman–Crippen MR) is 89.6 cm³/mol. The van der Waals surface area contributed by atoms with Gasteiger partial charge in [0.25, 0.3) is 0 Å². The van der Waals surface area contributed by atoms with Crippen molar-refractivity contribution in [3.63, 3.8) is 0 Å². The molecule has 0 saturated heterocycles. The van der Waals surface area contributed by atoms with Gasteiger partial charge in [-0.25, -0.2) is 0 Å². The normalized spacial score (nSPS) is 11.5. The maximum Gasteiger partial charge on any atom is 0.416 e. The zero-order valence-electron chi connectivity index (χ0n) is 12.2. The molecule has 0 bridgehead atoms. The SMILES string of the molecule is Cc1ccccc1NC(=S)N/N=C\c1ccc(C(F)(F)F)cc1. The van der Waals surface area contributed by atoms with E-state index in [2.05, 4.69) is 15.8 Å². The highest BCUT2D eigenvalue weighted by Crippen LogP contribution is 2.28. The monoisotopic (exact) mass is 337 g/mol. The first-order chi connectivity index (χ1) is 10.9. The number of benzene rings is 2. The van der Waals surface area contributed by atoms with Crippen molar-refractivity contribution >= 4 is 29.2 Å². The first-order valence-corrected chi connectivity index (χ1v) is 7.10. The molecule has 0 spiro atoms. The number of para-hydroxylation sites is 1. The van der Waals surface area contributed by atoms with Crippen LogP contribution in [0, 0.1) is 6.92 Å². The average Bonchev–Trinajstić information content (AvgIpc) is 2.49. The smallest absolute Gasteiger partial charge is 0.331 e. The highest BCUT2D eigenvalue weighted by atomic mass is 32.1. The molecule has 0 aromatic heterocycles. The number of alkyl halides is 3. The molecule has 0 atom stereocenters. The molecule has 2 rings (SSSR count). The Hall–Kier alpha value is -2.41. The minimum Gasteiger partial charge on any atom is -0.331 e. The minimum absolute atomic E-state index is 0.294. The third-order valence-electron chi connectivity index (χ3n) is 3.01. The van der Waals surface area contributed by atoms with E-state index in [0.29, 0.717) is 10.7 Å². The van der Waals surface area contributed by atoms with Crippen molar-refractivity contribution in [1.29, 1.82) is 0 Å². The third kappa shape index (κ3) is 5.07. The summed E-state index contributed by atoms with van der Waals surface area (Å²) in [5.41, 5.74) is 4.34. The summed E-state index contributed by atoms with van der Waals surface area (Å²) in [4.78, 5) is 0. The third-order valence-corrected chi connectivity index (χ3v) is 3.20. The standard InChI is InChI=1S/C16H14F3N3S/c1-11-4-2-3-5-14(11)21-15(23)22-20-10-12-6-8-13(9-7-12)16(17,18)19/h2-10H,1H3,(H2,21,22,23)/b20-10-. The number of hydrazone groups is 1. The van der Waals surface area contributed by atoms with E-state index < -0.39 is 11.7 Å². The quantitative estimate of drug-likeness (QED) is 0.497. The van der Waals surface area contributed by atoms with E-state index in [1.807, 2.05) is 31.2 Å². The lowest BCUT2D eigenvalue weighted by atomic mass is 10.1. The lowest BCUT2D eigenvalue weighted by Gasteiger charge is -2.09. The molecule has 0 heterocycles. The van der Waals surface area contributed by atoms with E-state index in [-0.39, 0.29) is 0 Å². The summed E-state index contributed by atoms with van der Waals surface area (Å²) < 4.78 is 37.3. The summed E-state index contributed by atoms with van der Waals surface area (Å²) in [6, 6.07) is 12.3. The van der Waals surface area contributed by atoms with Gasteiger partial charge in [0.1, 0.15) is 0 Å². The number of halogens is 3. The average molecular weight is 337 g/mol. The zero-order valence-corrected chi connectivity index (χ0v) is 13.0. The molecule has 3 nitrogen and oxygen atoms in total. The Kier molecular flexibility index (Phi) is 5.33. The number of nitrogens with zero attached hydrogens (tertiary/aromatic N) is 1. The molecule has 0 fully saturated rings. The van der Waals surface area contributed by atoms with Crippen molar-refractivity contribution in [2.45, 2.75) is 13.1 Å². The summed E-state index contributed by atoms with van der Waals surface area (Å²) >= 11 is 5.10. The van der Waals surface area contributed by atoms with E-state index in [0.717, 1.165) is 23.4 Å². The van der Waals surface area contributed by atoms with Crippen LogP contribution in [0.3, 0.4) is 0 Å². The molecule has 0 unspecified atom stereocenters. The van der Waals surface area contributed by atoms with Gasteiger partial charge in [-0.1, -0.05) is 30.3 Å². The van der Waals surface area contributed by atoms with Crippen LogP contribution < -0.4 is 10.7 Å². The van der Waals surface area contributed by atoms with Gasteiger partial charge in [0, 0.05) is 5.69 Å². The molecular formula is C16H14F3N3S. The Morgan fingerprint density at radius 1 is 1.09 bits per heavy atom. The van der Waals surface area contributed by atoms with Crippen LogP contribution in [0.15, 0.2) is 53.6 Å². The second-order valence-corrected chi connectivity index (χ2v) is 5.17. The molecule has 7 heteroatoms. The maximum absolute atomic E-state index is 12.4. The first kappa shape index (κ1) is 17.0. The molecular weight excluding hydrogens is 323 g/mol. The Morgan fingerprint density at radius 3 is 2.35 bits per heavy atom. The molecule has 0 amide bonds. The number of rotatable bonds is 3. The van der Waals surface area contributed by atoms with Gasteiger partial charge in [-0.05, 0) is 48.5 Å². The van der Waals surface area contributed by atoms with E-state index in [9.17, 15) is 13.2 Å². The van der Waals surface area contributed by atoms with Crippen LogP contribution >= 0.6 is 12.2 Å². The number of thiocarbonyl (C=S) groups is 1. The fraction of sp³-hybridized carbons (Fsp3) is 0.125. The molecule has 2 N–H and O–H groups in total. The van der Waals surface area contributed by atoms with E-state index in [4.69, 9.17) is 12.2 Å². The van der Waals surface area contributed by atoms with Crippen LogP contribution in [-0.2, 0) is 6.18 Å². The van der Waals surface area contributed by atoms with Gasteiger partial charge in [-0.3, -0.25) is 5.43 Å². The lowest BCUT2D eigenvalue weighted by Crippen LogP contribution is -2.24. The molecule has 23 heavy (non-hydrogen) atoms. The molecule has 2 aromatic carbocycles. The van der Waals surface area contributed by atoms with Gasteiger partial charge in [-0.15, -0.1) is 0 Å². The molecule has 0 saturated carbocycles. The Bertz CT molecular complexity index is 709. The summed E-state index contributed by atoms with van der Waals surface area (Å²) in [6.07, 6.45) is -2.95. The van der Waals surface area contributed by atoms with Crippen molar-refractivity contribution in [1.82, 2.24) is 5.43 Å². The largest absolute Gasteiger partial charge is 0.416 e. The van der Waals surface area contributed by atoms with Crippen LogP contribution in [0.25, 0.3) is 0 Å². The molecule has 0 radical (unpaired) electrons. The van der Waals surface area contributed by atoms with E-state index >= 15 is 0 Å². The van der Waals surface area contributed by atoms with Gasteiger partial charge < -0.3 is 5.32 Å². The highest BCUT2D eigenvalue weighted by Gasteiger charge is 2.29. The predicted octanol–water partition coefficient (Wildman–Crippen LogP) is 4.33. The molecule has 0 aliphatic carbocycles. The van der Waals surface area contributed by atoms with Gasteiger partial charge in [0.2, 0.25) is 0 Å². The molecule has 120 valence electrons. The van der Waals surface area contributed by atoms with Crippen LogP contribution in [0.4, 0.5) is 18.9 Å². The van der Waals surface area contributed by atoms with Crippen molar-refractivity contribution in [3.05, 3.63) is 65.2 Å². The second-order valence-electron chi connectivity index (χ2n) is 4.76. The van der Waals surface area contributed by atoms with Crippen molar-refractivity contribution < 1.29 is 13.2 Å². The van der Waals surface area contributed by atoms with Crippen LogP contribution in [-0.4, -0.2) is 11.3 Å². The molecule has 0 aliphatic heterocycles. The van der Waals surface area contributed by atoms with Crippen LogP contribution in [0.1, 0.15) is 16.7 Å². The number of anilines is 1. The van der Waals surface area contributed by atoms with Gasteiger partial charge in [-0.2, -0.15) is 18.3 Å². The van der Waals surface area contributed by atoms with Crippen LogP contribution in [0.2, 0.25) is 0 Å². The van der Waals surface area contributed by atoms with E-state index in [1.165, 1.54) is 18.3 Å². The van der Waals surface area contributed by atoms with Gasteiger partial charge >= 0.3 is 6.18 Å². The van der Waals surface area contributed by atoms with Gasteiger partial charge in [0.15, 0.2) is 5.11 Å². The number of nitrogens with one attached hydrogen (secondary N) is 2. The Morgan fingerprint density at radius 2 is 1.74 bits per heavy atom. The molecule has 2 aromatic rings. The minimum atomic E-state index is -4.34. The Labute approximate surface area is 137 Å². The Balaban J connectivity index is 1.91. The van der Waals surface area contributed by atoms with Crippen LogP contribution in [0.5, 0.6) is 0 Å². The fourth-order valence-corrected chi connectivity index (χ4v) is 1.95. The number of hydrogen-bond acceptors (Lipinski definition) is 2. The summed E-state index contributed by atoms with van der Waals surface area (Å²) in [7, 11) is 0. The number of aryl methyl sites for hydroxylation is 1. The lowest BCUT2D eigenvalue weighted by molar-refractivity contribution is -0.137. The summed E-state index contributed by atoms with van der Waals surface area (Å²) in [6.45, 7) is 1.94. The van der Waals surface area contributed by atoms with E-state index in [1.54, 1.807) is 0 Å². The fourth-order valence-electron chi connectivity index (χ4n) is 1.79. The number of hydrogen-bond donors (Lipinski definition) is 2. The maximum atomic E-state index is 12.4.